The number of hydrogen-bond donors (Lipinski definition) is 3. The van der Waals surface area contributed by atoms with Crippen LogP contribution in [0.1, 0.15) is 50.2 Å². The second-order valence-corrected chi connectivity index (χ2v) is 5.16. The van der Waals surface area contributed by atoms with Crippen LogP contribution in [0.3, 0.4) is 0 Å². The van der Waals surface area contributed by atoms with Gasteiger partial charge in [-0.3, -0.25) is 0 Å². The molecule has 0 fully saturated rings. The quantitative estimate of drug-likeness (QED) is 0.728. The van der Waals surface area contributed by atoms with Gasteiger partial charge in [0.2, 0.25) is 0 Å². The minimum Gasteiger partial charge on any atom is -0.508 e. The minimum absolute atomic E-state index is 0.101. The third kappa shape index (κ3) is 3.72. The Hall–Kier alpha value is -1.06. The van der Waals surface area contributed by atoms with Crippen LogP contribution in [0.5, 0.6) is 5.75 Å². The molecule has 1 aromatic rings. The van der Waals surface area contributed by atoms with Crippen LogP contribution in [-0.4, -0.2) is 22.4 Å². The number of aryl methyl sites for hydroxylation is 1. The van der Waals surface area contributed by atoms with E-state index in [2.05, 4.69) is 6.92 Å². The van der Waals surface area contributed by atoms with Gasteiger partial charge in [0.05, 0.1) is 6.10 Å². The Balaban J connectivity index is 2.73. The van der Waals surface area contributed by atoms with E-state index in [1.165, 1.54) is 0 Å². The molecule has 0 bridgehead atoms. The molecule has 102 valence electrons. The fraction of sp³-hybridized carbons (Fsp3) is 0.600. The summed E-state index contributed by atoms with van der Waals surface area (Å²) in [4.78, 5) is 0. The minimum atomic E-state index is -0.515. The van der Waals surface area contributed by atoms with E-state index in [1.807, 2.05) is 26.0 Å². The first-order chi connectivity index (χ1) is 8.47. The Morgan fingerprint density at radius 2 is 2.00 bits per heavy atom. The second kappa shape index (κ2) is 6.76. The van der Waals surface area contributed by atoms with Gasteiger partial charge in [-0.2, -0.15) is 0 Å². The van der Waals surface area contributed by atoms with Gasteiger partial charge in [0.15, 0.2) is 0 Å². The molecule has 0 heterocycles. The van der Waals surface area contributed by atoms with Crippen LogP contribution in [0.4, 0.5) is 0 Å². The molecule has 0 aliphatic heterocycles. The fourth-order valence-electron chi connectivity index (χ4n) is 2.49. The summed E-state index contributed by atoms with van der Waals surface area (Å²) in [6.45, 7) is 6.05. The lowest BCUT2D eigenvalue weighted by Crippen LogP contribution is -2.35. The van der Waals surface area contributed by atoms with Crippen LogP contribution in [-0.2, 0) is 0 Å². The molecule has 18 heavy (non-hydrogen) atoms. The summed E-state index contributed by atoms with van der Waals surface area (Å²) in [5.41, 5.74) is 7.89. The predicted molar refractivity (Wildman–Crippen MR) is 74.8 cm³/mol. The van der Waals surface area contributed by atoms with Crippen molar-refractivity contribution in [3.8, 4) is 5.75 Å². The number of aliphatic hydroxyl groups excluding tert-OH is 1. The summed E-state index contributed by atoms with van der Waals surface area (Å²) >= 11 is 0. The first-order valence-corrected chi connectivity index (χ1v) is 6.69. The van der Waals surface area contributed by atoms with Gasteiger partial charge in [0.25, 0.3) is 0 Å². The monoisotopic (exact) mass is 251 g/mol. The molecule has 0 aromatic heterocycles. The average Bonchev–Trinajstić information content (AvgIpc) is 2.28. The van der Waals surface area contributed by atoms with Gasteiger partial charge in [0.1, 0.15) is 5.75 Å². The highest BCUT2D eigenvalue weighted by atomic mass is 16.3. The highest BCUT2D eigenvalue weighted by molar-refractivity contribution is 5.40. The number of aromatic hydroxyl groups is 1. The number of benzene rings is 1. The number of nitrogens with two attached hydrogens (primary N) is 1. The fourth-order valence-corrected chi connectivity index (χ4v) is 2.49. The molecule has 3 nitrogen and oxygen atoms in total. The maximum Gasteiger partial charge on any atom is 0.119 e. The third-order valence-corrected chi connectivity index (χ3v) is 3.51. The Bertz CT molecular complexity index is 359. The molecule has 1 aromatic carbocycles. The lowest BCUT2D eigenvalue weighted by Gasteiger charge is -2.23. The van der Waals surface area contributed by atoms with Crippen molar-refractivity contribution >= 4 is 0 Å². The van der Waals surface area contributed by atoms with Gasteiger partial charge in [-0.15, -0.1) is 0 Å². The first kappa shape index (κ1) is 15.0. The Kier molecular flexibility index (Phi) is 5.63. The summed E-state index contributed by atoms with van der Waals surface area (Å²) in [6, 6.07) is 5.32. The number of rotatable bonds is 6. The summed E-state index contributed by atoms with van der Waals surface area (Å²) in [5.74, 6) is 0.405. The van der Waals surface area contributed by atoms with E-state index in [0.717, 1.165) is 24.0 Å². The van der Waals surface area contributed by atoms with Crippen molar-refractivity contribution in [2.24, 2.45) is 5.73 Å². The van der Waals surface area contributed by atoms with Crippen molar-refractivity contribution in [1.82, 2.24) is 0 Å². The number of hydrogen-bond acceptors (Lipinski definition) is 3. The number of phenols is 1. The second-order valence-electron chi connectivity index (χ2n) is 5.16. The number of aliphatic hydroxyl groups is 1. The van der Waals surface area contributed by atoms with Gasteiger partial charge >= 0.3 is 0 Å². The molecule has 0 aliphatic rings. The average molecular weight is 251 g/mol. The van der Waals surface area contributed by atoms with Crippen LogP contribution < -0.4 is 5.73 Å². The predicted octanol–water partition coefficient (Wildman–Crippen LogP) is 2.68. The van der Waals surface area contributed by atoms with Crippen LogP contribution in [0, 0.1) is 6.92 Å². The number of phenolic OH excluding ortho intramolecular Hbond substituents is 1. The zero-order valence-corrected chi connectivity index (χ0v) is 11.6. The van der Waals surface area contributed by atoms with Crippen molar-refractivity contribution < 1.29 is 10.2 Å². The molecule has 3 atom stereocenters. The van der Waals surface area contributed by atoms with Crippen molar-refractivity contribution in [1.29, 1.82) is 0 Å². The lowest BCUT2D eigenvalue weighted by molar-refractivity contribution is 0.123. The molecule has 0 spiro atoms. The smallest absolute Gasteiger partial charge is 0.119 e. The van der Waals surface area contributed by atoms with Gasteiger partial charge < -0.3 is 15.9 Å². The molecule has 0 radical (unpaired) electrons. The maximum absolute atomic E-state index is 10.1. The largest absolute Gasteiger partial charge is 0.508 e. The van der Waals surface area contributed by atoms with Gasteiger partial charge in [-0.1, -0.05) is 32.4 Å². The maximum atomic E-state index is 10.1. The molecule has 3 unspecified atom stereocenters. The zero-order chi connectivity index (χ0) is 13.7. The zero-order valence-electron chi connectivity index (χ0n) is 11.6. The van der Waals surface area contributed by atoms with Gasteiger partial charge in [-0.05, 0) is 42.9 Å². The Morgan fingerprint density at radius 1 is 1.33 bits per heavy atom. The van der Waals surface area contributed by atoms with E-state index in [0.29, 0.717) is 12.2 Å². The SMILES string of the molecule is CCCC(N)C(O)CC(C)c1c(C)cccc1O. The Labute approximate surface area is 110 Å². The van der Waals surface area contributed by atoms with E-state index in [4.69, 9.17) is 5.73 Å². The lowest BCUT2D eigenvalue weighted by atomic mass is 9.88. The van der Waals surface area contributed by atoms with Crippen molar-refractivity contribution in [3.05, 3.63) is 29.3 Å². The summed E-state index contributed by atoms with van der Waals surface area (Å²) < 4.78 is 0. The summed E-state index contributed by atoms with van der Waals surface area (Å²) in [7, 11) is 0. The molecule has 0 saturated heterocycles. The van der Waals surface area contributed by atoms with Crippen LogP contribution in [0.15, 0.2) is 18.2 Å². The van der Waals surface area contributed by atoms with Crippen LogP contribution in [0.25, 0.3) is 0 Å². The first-order valence-electron chi connectivity index (χ1n) is 6.69. The van der Waals surface area contributed by atoms with Crippen LogP contribution >= 0.6 is 0 Å². The van der Waals surface area contributed by atoms with Crippen molar-refractivity contribution in [2.45, 2.75) is 58.1 Å². The molecule has 0 aliphatic carbocycles. The van der Waals surface area contributed by atoms with Crippen molar-refractivity contribution in [3.63, 3.8) is 0 Å². The normalized spacial score (nSPS) is 16.3. The van der Waals surface area contributed by atoms with E-state index in [1.54, 1.807) is 6.07 Å². The van der Waals surface area contributed by atoms with E-state index in [9.17, 15) is 10.2 Å². The highest BCUT2D eigenvalue weighted by Gasteiger charge is 2.20. The molecular formula is C15H25NO2. The molecule has 1 rings (SSSR count). The molecular weight excluding hydrogens is 226 g/mol. The Morgan fingerprint density at radius 3 is 2.56 bits per heavy atom. The van der Waals surface area contributed by atoms with Gasteiger partial charge in [-0.25, -0.2) is 0 Å². The molecule has 0 saturated carbocycles. The molecule has 4 N–H and O–H groups in total. The molecule has 0 amide bonds. The van der Waals surface area contributed by atoms with E-state index in [-0.39, 0.29) is 12.0 Å². The van der Waals surface area contributed by atoms with Crippen LogP contribution in [0.2, 0.25) is 0 Å². The standard InChI is InChI=1S/C15H25NO2/c1-4-6-12(16)14(18)9-11(3)15-10(2)7-5-8-13(15)17/h5,7-8,11-12,14,17-18H,4,6,9,16H2,1-3H3. The van der Waals surface area contributed by atoms with Crippen molar-refractivity contribution in [2.75, 3.05) is 0 Å². The van der Waals surface area contributed by atoms with E-state index < -0.39 is 6.10 Å². The summed E-state index contributed by atoms with van der Waals surface area (Å²) in [6.07, 6.45) is 1.87. The van der Waals surface area contributed by atoms with E-state index >= 15 is 0 Å². The van der Waals surface area contributed by atoms with Gasteiger partial charge in [0, 0.05) is 6.04 Å². The summed E-state index contributed by atoms with van der Waals surface area (Å²) in [5, 5.41) is 20.0. The third-order valence-electron chi connectivity index (χ3n) is 3.51. The molecule has 3 heteroatoms. The topological polar surface area (TPSA) is 66.5 Å². The highest BCUT2D eigenvalue weighted by Crippen LogP contribution is 2.32.